The monoisotopic (exact) mass is 370 g/mol. The normalized spacial score (nSPS) is 18.3. The highest BCUT2D eigenvalue weighted by molar-refractivity contribution is 5.91. The molecule has 2 saturated heterocycles. The van der Waals surface area contributed by atoms with Gasteiger partial charge in [-0.2, -0.15) is 0 Å². The Morgan fingerprint density at radius 3 is 1.65 bits per heavy atom. The van der Waals surface area contributed by atoms with E-state index in [1.807, 2.05) is 0 Å². The second-order valence-electron chi connectivity index (χ2n) is 5.54. The van der Waals surface area contributed by atoms with Crippen molar-refractivity contribution < 1.29 is 38.1 Å². The highest BCUT2D eigenvalue weighted by atomic mass is 16.5. The van der Waals surface area contributed by atoms with E-state index in [-0.39, 0.29) is 51.3 Å². The van der Waals surface area contributed by atoms with Gasteiger partial charge in [-0.05, 0) is 0 Å². The molecule has 0 unspecified atom stereocenters. The Bertz CT molecular complexity index is 514. The van der Waals surface area contributed by atoms with E-state index >= 15 is 0 Å². The third kappa shape index (κ3) is 6.81. The molecule has 144 valence electrons. The van der Waals surface area contributed by atoms with E-state index in [0.717, 1.165) is 12.2 Å². The van der Waals surface area contributed by atoms with Crippen molar-refractivity contribution in [3.63, 3.8) is 0 Å². The van der Waals surface area contributed by atoms with Gasteiger partial charge in [0.25, 0.3) is 0 Å². The summed E-state index contributed by atoms with van der Waals surface area (Å²) in [4.78, 5) is 49.1. The van der Waals surface area contributed by atoms with Crippen LogP contribution in [0.4, 0.5) is 0 Å². The summed E-state index contributed by atoms with van der Waals surface area (Å²) in [5.41, 5.74) is 0. The number of hydrogen-bond donors (Lipinski definition) is 0. The first-order valence-corrected chi connectivity index (χ1v) is 8.29. The number of morpholine rings is 2. The third-order valence-electron chi connectivity index (χ3n) is 3.73. The molecule has 0 N–H and O–H groups in total. The number of carbonyl (C=O) groups excluding carboxylic acids is 4. The van der Waals surface area contributed by atoms with E-state index in [2.05, 4.69) is 0 Å². The zero-order valence-electron chi connectivity index (χ0n) is 14.4. The SMILES string of the molecule is O=C(/C=C/C(=O)OCCN1CCOCC1=O)OCCN1CCOCC1=O. The lowest BCUT2D eigenvalue weighted by atomic mass is 10.4. The number of esters is 2. The fourth-order valence-corrected chi connectivity index (χ4v) is 2.32. The lowest BCUT2D eigenvalue weighted by Gasteiger charge is -2.26. The van der Waals surface area contributed by atoms with E-state index in [9.17, 15) is 19.2 Å². The van der Waals surface area contributed by atoms with Crippen molar-refractivity contribution in [2.75, 3.05) is 65.8 Å². The number of hydrogen-bond acceptors (Lipinski definition) is 8. The maximum Gasteiger partial charge on any atom is 0.331 e. The second-order valence-corrected chi connectivity index (χ2v) is 5.54. The number of rotatable bonds is 8. The molecule has 0 saturated carbocycles. The summed E-state index contributed by atoms with van der Waals surface area (Å²) in [6.45, 7) is 2.54. The second kappa shape index (κ2) is 10.5. The average Bonchev–Trinajstić information content (AvgIpc) is 2.63. The van der Waals surface area contributed by atoms with Gasteiger partial charge >= 0.3 is 11.9 Å². The van der Waals surface area contributed by atoms with Crippen LogP contribution in [0.2, 0.25) is 0 Å². The summed E-state index contributed by atoms with van der Waals surface area (Å²) < 4.78 is 19.8. The number of carbonyl (C=O) groups is 4. The first-order valence-electron chi connectivity index (χ1n) is 8.29. The summed E-state index contributed by atoms with van der Waals surface area (Å²) in [5, 5.41) is 0. The molecule has 0 atom stereocenters. The molecule has 2 fully saturated rings. The van der Waals surface area contributed by atoms with Gasteiger partial charge in [-0.25, -0.2) is 9.59 Å². The molecule has 2 rings (SSSR count). The molecular weight excluding hydrogens is 348 g/mol. The maximum absolute atomic E-state index is 11.5. The summed E-state index contributed by atoms with van der Waals surface area (Å²) in [6.07, 6.45) is 1.92. The molecule has 0 bridgehead atoms. The molecule has 2 heterocycles. The van der Waals surface area contributed by atoms with Crippen LogP contribution in [0.15, 0.2) is 12.2 Å². The minimum absolute atomic E-state index is 0.0309. The summed E-state index contributed by atoms with van der Waals surface area (Å²) >= 11 is 0. The predicted octanol–water partition coefficient (Wildman–Crippen LogP) is -1.65. The van der Waals surface area contributed by atoms with Gasteiger partial charge < -0.3 is 28.7 Å². The molecule has 0 spiro atoms. The molecule has 0 aromatic rings. The van der Waals surface area contributed by atoms with Crippen molar-refractivity contribution in [3.8, 4) is 0 Å². The molecule has 0 aromatic carbocycles. The Hall–Kier alpha value is -2.46. The number of nitrogens with zero attached hydrogens (tertiary/aromatic N) is 2. The first-order chi connectivity index (χ1) is 12.6. The molecule has 0 radical (unpaired) electrons. The van der Waals surface area contributed by atoms with Crippen LogP contribution < -0.4 is 0 Å². The molecule has 10 nitrogen and oxygen atoms in total. The fraction of sp³-hybridized carbons (Fsp3) is 0.625. The Balaban J connectivity index is 1.57. The van der Waals surface area contributed by atoms with Crippen LogP contribution in [0, 0.1) is 0 Å². The summed E-state index contributed by atoms with van der Waals surface area (Å²) in [5.74, 6) is -1.70. The van der Waals surface area contributed by atoms with Crippen LogP contribution >= 0.6 is 0 Å². The van der Waals surface area contributed by atoms with Gasteiger partial charge in [0.05, 0.1) is 26.3 Å². The van der Waals surface area contributed by atoms with Crippen LogP contribution in [0.1, 0.15) is 0 Å². The van der Waals surface area contributed by atoms with E-state index in [1.165, 1.54) is 0 Å². The first kappa shape index (κ1) is 19.9. The van der Waals surface area contributed by atoms with Gasteiger partial charge in [-0.3, -0.25) is 9.59 Å². The van der Waals surface area contributed by atoms with Crippen LogP contribution in [-0.4, -0.2) is 99.4 Å². The van der Waals surface area contributed by atoms with Gasteiger partial charge in [-0.1, -0.05) is 0 Å². The molecule has 10 heteroatoms. The Morgan fingerprint density at radius 2 is 1.27 bits per heavy atom. The van der Waals surface area contributed by atoms with Crippen molar-refractivity contribution in [1.82, 2.24) is 9.80 Å². The Kier molecular flexibility index (Phi) is 8.03. The van der Waals surface area contributed by atoms with Crippen LogP contribution in [0.5, 0.6) is 0 Å². The van der Waals surface area contributed by atoms with Crippen molar-refractivity contribution in [3.05, 3.63) is 12.2 Å². The van der Waals surface area contributed by atoms with E-state index in [0.29, 0.717) is 26.3 Å². The lowest BCUT2D eigenvalue weighted by Crippen LogP contribution is -2.43. The molecule has 0 aromatic heterocycles. The third-order valence-corrected chi connectivity index (χ3v) is 3.73. The van der Waals surface area contributed by atoms with Crippen LogP contribution in [0.3, 0.4) is 0 Å². The standard InChI is InChI=1S/C16H22N2O8/c19-13-11-23-7-3-17(13)5-9-25-15(21)1-2-16(22)26-10-6-18-4-8-24-12-14(18)20/h1-2H,3-12H2/b2-1+. The Morgan fingerprint density at radius 1 is 0.846 bits per heavy atom. The highest BCUT2D eigenvalue weighted by Crippen LogP contribution is 1.99. The van der Waals surface area contributed by atoms with Crippen molar-refractivity contribution in [1.29, 1.82) is 0 Å². The zero-order valence-corrected chi connectivity index (χ0v) is 14.4. The largest absolute Gasteiger partial charge is 0.461 e. The average molecular weight is 370 g/mol. The molecule has 2 amide bonds. The quantitative estimate of drug-likeness (QED) is 0.369. The van der Waals surface area contributed by atoms with Gasteiger partial charge in [-0.15, -0.1) is 0 Å². The molecular formula is C16H22N2O8. The van der Waals surface area contributed by atoms with Gasteiger partial charge in [0.1, 0.15) is 26.4 Å². The van der Waals surface area contributed by atoms with E-state index < -0.39 is 11.9 Å². The number of ether oxygens (including phenoxy) is 4. The zero-order chi connectivity index (χ0) is 18.8. The predicted molar refractivity (Wildman–Crippen MR) is 85.9 cm³/mol. The highest BCUT2D eigenvalue weighted by Gasteiger charge is 2.19. The summed E-state index contributed by atoms with van der Waals surface area (Å²) in [6, 6.07) is 0. The minimum Gasteiger partial charge on any atom is -0.461 e. The van der Waals surface area contributed by atoms with Crippen LogP contribution in [0.25, 0.3) is 0 Å². The van der Waals surface area contributed by atoms with Crippen molar-refractivity contribution in [2.45, 2.75) is 0 Å². The maximum atomic E-state index is 11.5. The lowest BCUT2D eigenvalue weighted by molar-refractivity contribution is -0.147. The van der Waals surface area contributed by atoms with Gasteiger partial charge in [0.15, 0.2) is 0 Å². The van der Waals surface area contributed by atoms with Gasteiger partial charge in [0.2, 0.25) is 11.8 Å². The van der Waals surface area contributed by atoms with E-state index in [4.69, 9.17) is 18.9 Å². The molecule has 0 aliphatic carbocycles. The van der Waals surface area contributed by atoms with Crippen molar-refractivity contribution >= 4 is 23.8 Å². The molecule has 2 aliphatic rings. The van der Waals surface area contributed by atoms with Crippen molar-refractivity contribution in [2.24, 2.45) is 0 Å². The smallest absolute Gasteiger partial charge is 0.331 e. The van der Waals surface area contributed by atoms with Gasteiger partial charge in [0, 0.05) is 25.2 Å². The number of amides is 2. The molecule has 2 aliphatic heterocycles. The van der Waals surface area contributed by atoms with Crippen LogP contribution in [-0.2, 0) is 38.1 Å². The van der Waals surface area contributed by atoms with E-state index in [1.54, 1.807) is 9.80 Å². The Labute approximate surface area is 150 Å². The summed E-state index contributed by atoms with van der Waals surface area (Å²) in [7, 11) is 0. The molecule has 26 heavy (non-hydrogen) atoms. The minimum atomic E-state index is -0.703. The fourth-order valence-electron chi connectivity index (χ4n) is 2.32. The topological polar surface area (TPSA) is 112 Å².